The van der Waals surface area contributed by atoms with E-state index in [2.05, 4.69) is 4.98 Å². The maximum atomic E-state index is 7.61. The van der Waals surface area contributed by atoms with Crippen LogP contribution in [0, 0.1) is 5.41 Å². The highest BCUT2D eigenvalue weighted by atomic mass is 15.1. The number of nitrogens with one attached hydrogen (secondary N) is 1. The molecule has 14 heavy (non-hydrogen) atoms. The van der Waals surface area contributed by atoms with Crippen molar-refractivity contribution in [2.45, 2.75) is 19.8 Å². The molecule has 1 rings (SSSR count). The Morgan fingerprint density at radius 2 is 2.29 bits per heavy atom. The van der Waals surface area contributed by atoms with Gasteiger partial charge in [0.25, 0.3) is 0 Å². The smallest absolute Gasteiger partial charge is 0.0952 e. The largest absolute Gasteiger partial charge is 0.363 e. The number of hydrogen-bond acceptors (Lipinski definition) is 2. The van der Waals surface area contributed by atoms with Crippen LogP contribution in [-0.4, -0.2) is 29.3 Å². The van der Waals surface area contributed by atoms with E-state index in [1.165, 1.54) is 0 Å². The minimum absolute atomic E-state index is 0.681. The molecule has 0 bridgehead atoms. The molecule has 1 aromatic heterocycles. The van der Waals surface area contributed by atoms with Crippen LogP contribution in [0.3, 0.4) is 0 Å². The van der Waals surface area contributed by atoms with Crippen LogP contribution in [0.1, 0.15) is 19.0 Å². The molecule has 0 aromatic carbocycles. The highest BCUT2D eigenvalue weighted by molar-refractivity contribution is 5.78. The predicted molar refractivity (Wildman–Crippen MR) is 58.6 cm³/mol. The zero-order valence-electron chi connectivity index (χ0n) is 8.83. The molecule has 1 heterocycles. The van der Waals surface area contributed by atoms with Gasteiger partial charge < -0.3 is 4.90 Å². The maximum Gasteiger partial charge on any atom is 0.0952 e. The van der Waals surface area contributed by atoms with E-state index in [1.807, 2.05) is 37.1 Å². The van der Waals surface area contributed by atoms with Gasteiger partial charge in [0, 0.05) is 38.3 Å². The van der Waals surface area contributed by atoms with Crippen molar-refractivity contribution < 1.29 is 0 Å². The molecule has 1 N–H and O–H groups in total. The van der Waals surface area contributed by atoms with Gasteiger partial charge >= 0.3 is 0 Å². The van der Waals surface area contributed by atoms with Crippen molar-refractivity contribution in [1.82, 2.24) is 9.88 Å². The van der Waals surface area contributed by atoms with Crippen molar-refractivity contribution in [1.29, 1.82) is 5.41 Å². The highest BCUT2D eigenvalue weighted by Gasteiger charge is 2.01. The Labute approximate surface area is 85.3 Å². The molecule has 0 amide bonds. The summed E-state index contributed by atoms with van der Waals surface area (Å²) in [7, 11) is 1.95. The summed E-state index contributed by atoms with van der Waals surface area (Å²) < 4.78 is 0. The monoisotopic (exact) mass is 191 g/mol. The molecule has 0 atom stereocenters. The molecule has 0 saturated heterocycles. The third-order valence-corrected chi connectivity index (χ3v) is 2.23. The molecule has 0 aliphatic rings. The summed E-state index contributed by atoms with van der Waals surface area (Å²) in [5, 5.41) is 7.61. The summed E-state index contributed by atoms with van der Waals surface area (Å²) in [5.74, 6) is 0.681. The van der Waals surface area contributed by atoms with Crippen molar-refractivity contribution in [3.63, 3.8) is 0 Å². The van der Waals surface area contributed by atoms with E-state index in [9.17, 15) is 0 Å². The topological polar surface area (TPSA) is 40.0 Å². The second-order valence-corrected chi connectivity index (χ2v) is 3.29. The van der Waals surface area contributed by atoms with E-state index in [1.54, 1.807) is 6.20 Å². The molecule has 0 fully saturated rings. The first kappa shape index (κ1) is 10.7. The van der Waals surface area contributed by atoms with Crippen LogP contribution in [0.4, 0.5) is 0 Å². The average molecular weight is 191 g/mol. The molecule has 0 spiro atoms. The zero-order valence-corrected chi connectivity index (χ0v) is 8.83. The second-order valence-electron chi connectivity index (χ2n) is 3.29. The first-order valence-electron chi connectivity index (χ1n) is 4.92. The fourth-order valence-corrected chi connectivity index (χ4v) is 1.23. The van der Waals surface area contributed by atoms with Gasteiger partial charge in [0.1, 0.15) is 0 Å². The van der Waals surface area contributed by atoms with E-state index in [0.717, 1.165) is 25.1 Å². The Balaban J connectivity index is 2.38. The van der Waals surface area contributed by atoms with Gasteiger partial charge in [0.05, 0.1) is 5.84 Å². The van der Waals surface area contributed by atoms with Crippen LogP contribution in [0.25, 0.3) is 0 Å². The maximum absolute atomic E-state index is 7.61. The molecule has 3 nitrogen and oxygen atoms in total. The van der Waals surface area contributed by atoms with Crippen molar-refractivity contribution in [3.05, 3.63) is 30.1 Å². The number of rotatable bonds is 4. The Bertz CT molecular complexity index is 282. The summed E-state index contributed by atoms with van der Waals surface area (Å²) in [6, 6.07) is 5.93. The Morgan fingerprint density at radius 3 is 2.86 bits per heavy atom. The van der Waals surface area contributed by atoms with Gasteiger partial charge in [-0.15, -0.1) is 0 Å². The van der Waals surface area contributed by atoms with Gasteiger partial charge in [-0.05, 0) is 12.1 Å². The number of likely N-dealkylation sites (N-methyl/N-ethyl adjacent to an activating group) is 1. The number of aromatic nitrogens is 1. The second kappa shape index (κ2) is 5.37. The van der Waals surface area contributed by atoms with Crippen molar-refractivity contribution in [2.24, 2.45) is 0 Å². The van der Waals surface area contributed by atoms with Gasteiger partial charge in [-0.2, -0.15) is 0 Å². The lowest BCUT2D eigenvalue weighted by atomic mass is 10.2. The normalized spacial score (nSPS) is 9.86. The van der Waals surface area contributed by atoms with Gasteiger partial charge in [-0.1, -0.05) is 13.0 Å². The average Bonchev–Trinajstić information content (AvgIpc) is 2.26. The van der Waals surface area contributed by atoms with E-state index in [0.29, 0.717) is 5.84 Å². The fraction of sp³-hybridized carbons (Fsp3) is 0.455. The van der Waals surface area contributed by atoms with Gasteiger partial charge in [0.2, 0.25) is 0 Å². The highest BCUT2D eigenvalue weighted by Crippen LogP contribution is 1.97. The Kier molecular flexibility index (Phi) is 4.11. The van der Waals surface area contributed by atoms with Crippen LogP contribution in [0.5, 0.6) is 0 Å². The molecule has 0 aliphatic heterocycles. The zero-order chi connectivity index (χ0) is 10.4. The first-order valence-corrected chi connectivity index (χ1v) is 4.92. The minimum atomic E-state index is 0.681. The summed E-state index contributed by atoms with van der Waals surface area (Å²) in [6.45, 7) is 2.86. The van der Waals surface area contributed by atoms with Gasteiger partial charge in [-0.3, -0.25) is 10.4 Å². The number of amidine groups is 1. The summed E-state index contributed by atoms with van der Waals surface area (Å²) >= 11 is 0. The standard InChI is InChI=1S/C11H17N3/c1-3-11(12)14(2)9-7-10-6-4-5-8-13-10/h4-6,8,12H,3,7,9H2,1-2H3. The van der Waals surface area contributed by atoms with E-state index in [4.69, 9.17) is 5.41 Å². The van der Waals surface area contributed by atoms with E-state index in [-0.39, 0.29) is 0 Å². The Morgan fingerprint density at radius 1 is 1.50 bits per heavy atom. The molecule has 0 saturated carbocycles. The molecule has 1 aromatic rings. The van der Waals surface area contributed by atoms with Gasteiger partial charge in [0.15, 0.2) is 0 Å². The minimum Gasteiger partial charge on any atom is -0.363 e. The third-order valence-electron chi connectivity index (χ3n) is 2.23. The summed E-state index contributed by atoms with van der Waals surface area (Å²) in [4.78, 5) is 6.21. The van der Waals surface area contributed by atoms with Crippen LogP contribution in [0.2, 0.25) is 0 Å². The summed E-state index contributed by atoms with van der Waals surface area (Å²) in [5.41, 5.74) is 1.09. The van der Waals surface area contributed by atoms with E-state index < -0.39 is 0 Å². The third kappa shape index (κ3) is 3.17. The molecule has 3 heteroatoms. The van der Waals surface area contributed by atoms with Crippen LogP contribution >= 0.6 is 0 Å². The lowest BCUT2D eigenvalue weighted by Gasteiger charge is -2.18. The quantitative estimate of drug-likeness (QED) is 0.583. The number of nitrogens with zero attached hydrogens (tertiary/aromatic N) is 2. The van der Waals surface area contributed by atoms with Crippen LogP contribution in [-0.2, 0) is 6.42 Å². The van der Waals surface area contributed by atoms with Crippen LogP contribution < -0.4 is 0 Å². The molecule has 76 valence electrons. The number of pyridine rings is 1. The van der Waals surface area contributed by atoms with Crippen molar-refractivity contribution >= 4 is 5.84 Å². The van der Waals surface area contributed by atoms with Gasteiger partial charge in [-0.25, -0.2) is 0 Å². The SMILES string of the molecule is CCC(=N)N(C)CCc1ccccn1. The lowest BCUT2D eigenvalue weighted by molar-refractivity contribution is 0.492. The predicted octanol–water partition coefficient (Wildman–Crippen LogP) is 1.94. The Hall–Kier alpha value is -1.38. The van der Waals surface area contributed by atoms with Crippen molar-refractivity contribution in [3.8, 4) is 0 Å². The molecule has 0 radical (unpaired) electrons. The first-order chi connectivity index (χ1) is 6.74. The number of hydrogen-bond donors (Lipinski definition) is 1. The van der Waals surface area contributed by atoms with Crippen molar-refractivity contribution in [2.75, 3.05) is 13.6 Å². The molecular weight excluding hydrogens is 174 g/mol. The van der Waals surface area contributed by atoms with Crippen LogP contribution in [0.15, 0.2) is 24.4 Å². The van der Waals surface area contributed by atoms with E-state index >= 15 is 0 Å². The fourth-order valence-electron chi connectivity index (χ4n) is 1.23. The molecule has 0 unspecified atom stereocenters. The molecular formula is C11H17N3. The summed E-state index contributed by atoms with van der Waals surface area (Å²) in [6.07, 6.45) is 3.50. The lowest BCUT2D eigenvalue weighted by Crippen LogP contribution is -2.27. The molecule has 0 aliphatic carbocycles.